The van der Waals surface area contributed by atoms with E-state index in [4.69, 9.17) is 4.74 Å². The fraction of sp³-hybridized carbons (Fsp3) is 0.333. The molecule has 31 heavy (non-hydrogen) atoms. The lowest BCUT2D eigenvalue weighted by atomic mass is 9.96. The number of nitrogens with zero attached hydrogens (tertiary/aromatic N) is 2. The predicted molar refractivity (Wildman–Crippen MR) is 125 cm³/mol. The van der Waals surface area contributed by atoms with Gasteiger partial charge in [0.2, 0.25) is 0 Å². The fourth-order valence-corrected chi connectivity index (χ4v) is 4.34. The molecule has 3 aromatic carbocycles. The van der Waals surface area contributed by atoms with Crippen molar-refractivity contribution in [2.45, 2.75) is 19.1 Å². The van der Waals surface area contributed by atoms with E-state index in [2.05, 4.69) is 70.5 Å². The summed E-state index contributed by atoms with van der Waals surface area (Å²) in [7, 11) is 0. The van der Waals surface area contributed by atoms with Crippen molar-refractivity contribution in [3.63, 3.8) is 0 Å². The largest absolute Gasteiger partial charge is 0.491 e. The second-order valence-electron chi connectivity index (χ2n) is 8.29. The van der Waals surface area contributed by atoms with Gasteiger partial charge in [-0.05, 0) is 29.7 Å². The molecule has 1 N–H and O–H groups in total. The molecule has 0 aliphatic carbocycles. The van der Waals surface area contributed by atoms with Gasteiger partial charge < -0.3 is 9.84 Å². The zero-order valence-electron chi connectivity index (χ0n) is 18.2. The number of aliphatic hydroxyl groups excluding tert-OH is 1. The number of piperazine rings is 1. The van der Waals surface area contributed by atoms with Crippen molar-refractivity contribution in [1.82, 2.24) is 9.80 Å². The average Bonchev–Trinajstić information content (AvgIpc) is 2.81. The van der Waals surface area contributed by atoms with Crippen LogP contribution in [0.4, 0.5) is 0 Å². The quantitative estimate of drug-likeness (QED) is 0.599. The Labute approximate surface area is 185 Å². The minimum Gasteiger partial charge on any atom is -0.491 e. The van der Waals surface area contributed by atoms with Gasteiger partial charge in [0.1, 0.15) is 18.5 Å². The molecule has 0 saturated carbocycles. The van der Waals surface area contributed by atoms with Gasteiger partial charge in [0.25, 0.3) is 0 Å². The van der Waals surface area contributed by atoms with Gasteiger partial charge in [0.15, 0.2) is 0 Å². The summed E-state index contributed by atoms with van der Waals surface area (Å²) in [5.74, 6) is 0.847. The average molecular weight is 417 g/mol. The van der Waals surface area contributed by atoms with E-state index in [1.165, 1.54) is 11.1 Å². The summed E-state index contributed by atoms with van der Waals surface area (Å²) in [6.45, 7) is 6.81. The van der Waals surface area contributed by atoms with Crippen molar-refractivity contribution < 1.29 is 9.84 Å². The van der Waals surface area contributed by atoms with E-state index in [1.54, 1.807) is 0 Å². The van der Waals surface area contributed by atoms with Crippen LogP contribution in [0, 0.1) is 6.92 Å². The third-order valence-electron chi connectivity index (χ3n) is 6.00. The van der Waals surface area contributed by atoms with Crippen molar-refractivity contribution in [2.75, 3.05) is 39.3 Å². The molecule has 1 heterocycles. The number of hydrogen-bond donors (Lipinski definition) is 1. The molecule has 1 aliphatic rings. The maximum atomic E-state index is 10.5. The number of hydrogen-bond acceptors (Lipinski definition) is 4. The second-order valence-corrected chi connectivity index (χ2v) is 8.29. The van der Waals surface area contributed by atoms with Gasteiger partial charge in [-0.25, -0.2) is 0 Å². The zero-order valence-corrected chi connectivity index (χ0v) is 18.2. The summed E-state index contributed by atoms with van der Waals surface area (Å²) in [5.41, 5.74) is 3.75. The highest BCUT2D eigenvalue weighted by atomic mass is 16.5. The SMILES string of the molecule is Cc1ccccc1OC[C@@H](O)CN1CCN(C(c2ccccc2)c2ccccc2)CC1. The molecule has 162 valence electrons. The molecule has 1 aliphatic heterocycles. The third kappa shape index (κ3) is 5.73. The van der Waals surface area contributed by atoms with Crippen LogP contribution in [-0.4, -0.2) is 60.3 Å². The predicted octanol–water partition coefficient (Wildman–Crippen LogP) is 4.14. The highest BCUT2D eigenvalue weighted by Gasteiger charge is 2.27. The number of rotatable bonds is 8. The monoisotopic (exact) mass is 416 g/mol. The van der Waals surface area contributed by atoms with Crippen molar-refractivity contribution in [3.05, 3.63) is 102 Å². The first kappa shape index (κ1) is 21.6. The summed E-state index contributed by atoms with van der Waals surface area (Å²) in [5, 5.41) is 10.5. The highest BCUT2D eigenvalue weighted by Crippen LogP contribution is 2.29. The van der Waals surface area contributed by atoms with E-state index in [9.17, 15) is 5.11 Å². The lowest BCUT2D eigenvalue weighted by molar-refractivity contribution is 0.0399. The normalized spacial score (nSPS) is 16.4. The van der Waals surface area contributed by atoms with Gasteiger partial charge in [0, 0.05) is 32.7 Å². The van der Waals surface area contributed by atoms with Crippen LogP contribution in [0.5, 0.6) is 5.75 Å². The van der Waals surface area contributed by atoms with E-state index in [-0.39, 0.29) is 6.04 Å². The van der Waals surface area contributed by atoms with E-state index in [0.29, 0.717) is 13.2 Å². The van der Waals surface area contributed by atoms with Gasteiger partial charge in [-0.1, -0.05) is 78.9 Å². The number of ether oxygens (including phenoxy) is 1. The molecular formula is C27H32N2O2. The topological polar surface area (TPSA) is 35.9 Å². The van der Waals surface area contributed by atoms with Crippen LogP contribution in [-0.2, 0) is 0 Å². The molecule has 0 unspecified atom stereocenters. The number of aryl methyl sites for hydroxylation is 1. The number of β-amino-alcohol motifs (C(OH)–C–C–N with tert-alkyl or cyclic N) is 1. The standard InChI is InChI=1S/C27H32N2O2/c1-22-10-8-9-15-26(22)31-21-25(30)20-28-16-18-29(19-17-28)27(23-11-4-2-5-12-23)24-13-6-3-7-14-24/h2-15,25,27,30H,16-21H2,1H3/t25-/m0/s1. The summed E-state index contributed by atoms with van der Waals surface area (Å²) in [6, 6.07) is 29.7. The maximum absolute atomic E-state index is 10.5. The van der Waals surface area contributed by atoms with Crippen molar-refractivity contribution in [1.29, 1.82) is 0 Å². The molecule has 1 atom stereocenters. The Morgan fingerprint density at radius 3 is 1.90 bits per heavy atom. The van der Waals surface area contributed by atoms with Crippen LogP contribution < -0.4 is 4.74 Å². The van der Waals surface area contributed by atoms with Gasteiger partial charge >= 0.3 is 0 Å². The Morgan fingerprint density at radius 2 is 1.32 bits per heavy atom. The lowest BCUT2D eigenvalue weighted by Crippen LogP contribution is -2.50. The van der Waals surface area contributed by atoms with Crippen LogP contribution in [0.3, 0.4) is 0 Å². The van der Waals surface area contributed by atoms with Gasteiger partial charge in [-0.15, -0.1) is 0 Å². The van der Waals surface area contributed by atoms with Crippen molar-refractivity contribution in [3.8, 4) is 5.75 Å². The van der Waals surface area contributed by atoms with E-state index >= 15 is 0 Å². The Hall–Kier alpha value is -2.66. The molecule has 4 rings (SSSR count). The smallest absolute Gasteiger partial charge is 0.122 e. The Morgan fingerprint density at radius 1 is 0.774 bits per heavy atom. The Bertz CT molecular complexity index is 885. The molecule has 0 aromatic heterocycles. The molecular weight excluding hydrogens is 384 g/mol. The number of benzene rings is 3. The van der Waals surface area contributed by atoms with Crippen LogP contribution in [0.1, 0.15) is 22.7 Å². The molecule has 3 aromatic rings. The maximum Gasteiger partial charge on any atom is 0.122 e. The minimum atomic E-state index is -0.495. The van der Waals surface area contributed by atoms with Gasteiger partial charge in [-0.2, -0.15) is 0 Å². The fourth-order valence-electron chi connectivity index (χ4n) is 4.34. The van der Waals surface area contributed by atoms with Crippen LogP contribution >= 0.6 is 0 Å². The Kier molecular flexibility index (Phi) is 7.36. The first-order valence-electron chi connectivity index (χ1n) is 11.1. The summed E-state index contributed by atoms with van der Waals surface area (Å²) >= 11 is 0. The second kappa shape index (κ2) is 10.6. The molecule has 1 fully saturated rings. The Balaban J connectivity index is 1.33. The van der Waals surface area contributed by atoms with Crippen molar-refractivity contribution >= 4 is 0 Å². The number of aliphatic hydroxyl groups is 1. The highest BCUT2D eigenvalue weighted by molar-refractivity contribution is 5.32. The van der Waals surface area contributed by atoms with Crippen LogP contribution in [0.25, 0.3) is 0 Å². The van der Waals surface area contributed by atoms with Crippen LogP contribution in [0.15, 0.2) is 84.9 Å². The van der Waals surface area contributed by atoms with Crippen LogP contribution in [0.2, 0.25) is 0 Å². The van der Waals surface area contributed by atoms with E-state index in [1.807, 2.05) is 31.2 Å². The molecule has 0 radical (unpaired) electrons. The number of para-hydroxylation sites is 1. The molecule has 4 nitrogen and oxygen atoms in total. The van der Waals surface area contributed by atoms with E-state index < -0.39 is 6.10 Å². The summed E-state index contributed by atoms with van der Waals surface area (Å²) in [6.07, 6.45) is -0.495. The first-order chi connectivity index (χ1) is 15.2. The third-order valence-corrected chi connectivity index (χ3v) is 6.00. The molecule has 4 heteroatoms. The zero-order chi connectivity index (χ0) is 21.5. The van der Waals surface area contributed by atoms with Crippen molar-refractivity contribution in [2.24, 2.45) is 0 Å². The molecule has 0 amide bonds. The van der Waals surface area contributed by atoms with E-state index in [0.717, 1.165) is 37.5 Å². The summed E-state index contributed by atoms with van der Waals surface area (Å²) < 4.78 is 5.83. The molecule has 0 bridgehead atoms. The molecule has 1 saturated heterocycles. The van der Waals surface area contributed by atoms with Gasteiger partial charge in [0.05, 0.1) is 6.04 Å². The first-order valence-corrected chi connectivity index (χ1v) is 11.1. The molecule has 0 spiro atoms. The minimum absolute atomic E-state index is 0.263. The summed E-state index contributed by atoms with van der Waals surface area (Å²) in [4.78, 5) is 4.90. The lowest BCUT2D eigenvalue weighted by Gasteiger charge is -2.40. The van der Waals surface area contributed by atoms with Gasteiger partial charge in [-0.3, -0.25) is 9.80 Å².